The highest BCUT2D eigenvalue weighted by Crippen LogP contribution is 2.31. The largest absolute Gasteiger partial charge is 0.495 e. The summed E-state index contributed by atoms with van der Waals surface area (Å²) in [4.78, 5) is 0. The topological polar surface area (TPSA) is 67.4 Å². The molecule has 5 nitrogen and oxygen atoms in total. The van der Waals surface area contributed by atoms with Crippen molar-refractivity contribution in [3.05, 3.63) is 22.7 Å². The van der Waals surface area contributed by atoms with Gasteiger partial charge in [-0.25, -0.2) is 8.42 Å². The van der Waals surface area contributed by atoms with E-state index in [0.717, 1.165) is 12.1 Å². The Hall–Kier alpha value is -0.980. The molecular weight excluding hydrogens is 288 g/mol. The summed E-state index contributed by atoms with van der Waals surface area (Å²) in [5.41, 5.74) is 1.19. The van der Waals surface area contributed by atoms with Crippen LogP contribution in [0.1, 0.15) is 12.5 Å². The van der Waals surface area contributed by atoms with Gasteiger partial charge in [0.25, 0.3) is 0 Å². The van der Waals surface area contributed by atoms with Crippen LogP contribution in [0.15, 0.2) is 12.1 Å². The number of halogens is 1. The molecule has 0 amide bonds. The molecular formula is C12H19ClN2O3S. The zero-order valence-corrected chi connectivity index (χ0v) is 12.9. The van der Waals surface area contributed by atoms with Gasteiger partial charge < -0.3 is 10.1 Å². The van der Waals surface area contributed by atoms with E-state index in [1.54, 1.807) is 19.1 Å². The van der Waals surface area contributed by atoms with Gasteiger partial charge in [0.05, 0.1) is 18.6 Å². The molecule has 2 N–H and O–H groups in total. The first-order valence-corrected chi connectivity index (χ1v) is 7.98. The molecule has 7 heteroatoms. The van der Waals surface area contributed by atoms with Gasteiger partial charge in [0, 0.05) is 17.6 Å². The molecule has 0 atom stereocenters. The van der Waals surface area contributed by atoms with Crippen molar-refractivity contribution in [3.8, 4) is 5.75 Å². The molecule has 0 aromatic heterocycles. The van der Waals surface area contributed by atoms with Gasteiger partial charge in [-0.1, -0.05) is 18.5 Å². The number of rotatable bonds is 7. The quantitative estimate of drug-likeness (QED) is 0.756. The van der Waals surface area contributed by atoms with Gasteiger partial charge in [0.1, 0.15) is 5.75 Å². The number of benzene rings is 1. The molecule has 1 rings (SSSR count). The van der Waals surface area contributed by atoms with Crippen molar-refractivity contribution in [1.29, 1.82) is 0 Å². The number of aryl methyl sites for hydroxylation is 1. The normalized spacial score (nSPS) is 11.4. The van der Waals surface area contributed by atoms with Gasteiger partial charge in [-0.2, -0.15) is 0 Å². The van der Waals surface area contributed by atoms with Gasteiger partial charge in [0.2, 0.25) is 10.0 Å². The van der Waals surface area contributed by atoms with Crippen LogP contribution in [-0.4, -0.2) is 34.4 Å². The zero-order chi connectivity index (χ0) is 14.5. The summed E-state index contributed by atoms with van der Waals surface area (Å²) in [6.07, 6.45) is 0. The Kier molecular flexibility index (Phi) is 5.90. The number of hydrogen-bond donors (Lipinski definition) is 2. The van der Waals surface area contributed by atoms with Crippen molar-refractivity contribution >= 4 is 27.3 Å². The summed E-state index contributed by atoms with van der Waals surface area (Å²) in [6, 6.07) is 3.25. The third kappa shape index (κ3) is 4.89. The Morgan fingerprint density at radius 2 is 2.05 bits per heavy atom. The van der Waals surface area contributed by atoms with Crippen LogP contribution in [0.3, 0.4) is 0 Å². The third-order valence-electron chi connectivity index (χ3n) is 2.54. The van der Waals surface area contributed by atoms with E-state index >= 15 is 0 Å². The summed E-state index contributed by atoms with van der Waals surface area (Å²) in [5.74, 6) is 0.411. The van der Waals surface area contributed by atoms with E-state index in [1.165, 1.54) is 7.11 Å². The van der Waals surface area contributed by atoms with Crippen LogP contribution >= 0.6 is 11.6 Å². The SMILES string of the molecule is CCNCCS(=O)(=O)Nc1cc(C)c(Cl)cc1OC. The predicted octanol–water partition coefficient (Wildman–Crippen LogP) is 2.01. The van der Waals surface area contributed by atoms with Crippen LogP contribution < -0.4 is 14.8 Å². The van der Waals surface area contributed by atoms with E-state index in [1.807, 2.05) is 6.92 Å². The van der Waals surface area contributed by atoms with E-state index in [9.17, 15) is 8.42 Å². The third-order valence-corrected chi connectivity index (χ3v) is 4.22. The minimum atomic E-state index is -3.40. The second-order valence-electron chi connectivity index (χ2n) is 4.08. The molecule has 0 fully saturated rings. The monoisotopic (exact) mass is 306 g/mol. The fourth-order valence-electron chi connectivity index (χ4n) is 1.51. The lowest BCUT2D eigenvalue weighted by Gasteiger charge is -2.13. The van der Waals surface area contributed by atoms with Gasteiger partial charge in [0.15, 0.2) is 0 Å². The number of nitrogens with one attached hydrogen (secondary N) is 2. The molecule has 108 valence electrons. The van der Waals surface area contributed by atoms with Crippen LogP contribution in [0.25, 0.3) is 0 Å². The highest BCUT2D eigenvalue weighted by Gasteiger charge is 2.14. The van der Waals surface area contributed by atoms with Crippen LogP contribution in [0.5, 0.6) is 5.75 Å². The highest BCUT2D eigenvalue weighted by atomic mass is 35.5. The molecule has 0 radical (unpaired) electrons. The van der Waals surface area contributed by atoms with E-state index in [2.05, 4.69) is 10.0 Å². The van der Waals surface area contributed by atoms with Crippen molar-refractivity contribution in [2.24, 2.45) is 0 Å². The minimum absolute atomic E-state index is 0.00562. The second-order valence-corrected chi connectivity index (χ2v) is 6.33. The van der Waals surface area contributed by atoms with Gasteiger partial charge >= 0.3 is 0 Å². The molecule has 1 aromatic carbocycles. The van der Waals surface area contributed by atoms with E-state index in [0.29, 0.717) is 23.0 Å². The summed E-state index contributed by atoms with van der Waals surface area (Å²) >= 11 is 5.97. The van der Waals surface area contributed by atoms with Crippen LogP contribution in [0.2, 0.25) is 5.02 Å². The fraction of sp³-hybridized carbons (Fsp3) is 0.500. The van der Waals surface area contributed by atoms with Crippen molar-refractivity contribution in [2.75, 3.05) is 30.7 Å². The lowest BCUT2D eigenvalue weighted by Crippen LogP contribution is -2.26. The van der Waals surface area contributed by atoms with Crippen LogP contribution in [0.4, 0.5) is 5.69 Å². The van der Waals surface area contributed by atoms with Crippen molar-refractivity contribution < 1.29 is 13.2 Å². The Bertz CT molecular complexity index is 532. The molecule has 0 spiro atoms. The molecule has 0 aliphatic heterocycles. The van der Waals surface area contributed by atoms with Crippen molar-refractivity contribution in [3.63, 3.8) is 0 Å². The highest BCUT2D eigenvalue weighted by molar-refractivity contribution is 7.92. The molecule has 1 aromatic rings. The lowest BCUT2D eigenvalue weighted by molar-refractivity contribution is 0.417. The maximum atomic E-state index is 11.9. The fourth-order valence-corrected chi connectivity index (χ4v) is 2.68. The Labute approximate surface area is 119 Å². The number of sulfonamides is 1. The minimum Gasteiger partial charge on any atom is -0.495 e. The average Bonchev–Trinajstić information content (AvgIpc) is 2.33. The van der Waals surface area contributed by atoms with Gasteiger partial charge in [-0.3, -0.25) is 4.72 Å². The van der Waals surface area contributed by atoms with Gasteiger partial charge in [-0.05, 0) is 25.1 Å². The van der Waals surface area contributed by atoms with Crippen LogP contribution in [0, 0.1) is 6.92 Å². The average molecular weight is 307 g/mol. The molecule has 0 aliphatic carbocycles. The molecule has 0 saturated carbocycles. The predicted molar refractivity (Wildman–Crippen MR) is 78.7 cm³/mol. The first-order chi connectivity index (χ1) is 8.89. The van der Waals surface area contributed by atoms with E-state index < -0.39 is 10.0 Å². The smallest absolute Gasteiger partial charge is 0.234 e. The van der Waals surface area contributed by atoms with E-state index in [4.69, 9.17) is 16.3 Å². The van der Waals surface area contributed by atoms with E-state index in [-0.39, 0.29) is 5.75 Å². The number of methoxy groups -OCH3 is 1. The second kappa shape index (κ2) is 6.98. The first kappa shape index (κ1) is 16.1. The molecule has 0 saturated heterocycles. The first-order valence-electron chi connectivity index (χ1n) is 5.95. The zero-order valence-electron chi connectivity index (χ0n) is 11.3. The maximum Gasteiger partial charge on any atom is 0.234 e. The van der Waals surface area contributed by atoms with Gasteiger partial charge in [-0.15, -0.1) is 0 Å². The lowest BCUT2D eigenvalue weighted by atomic mass is 10.2. The maximum absolute atomic E-state index is 11.9. The standard InChI is InChI=1S/C12H19ClN2O3S/c1-4-14-5-6-19(16,17)15-11-7-9(2)10(13)8-12(11)18-3/h7-8,14-15H,4-6H2,1-3H3. The Balaban J connectivity index is 2.89. The van der Waals surface area contributed by atoms with Crippen molar-refractivity contribution in [2.45, 2.75) is 13.8 Å². The summed E-state index contributed by atoms with van der Waals surface area (Å²) in [7, 11) is -1.93. The number of ether oxygens (including phenoxy) is 1. The molecule has 0 heterocycles. The molecule has 0 unspecified atom stereocenters. The Morgan fingerprint density at radius 1 is 1.37 bits per heavy atom. The molecule has 0 bridgehead atoms. The summed E-state index contributed by atoms with van der Waals surface area (Å²) < 4.78 is 31.4. The Morgan fingerprint density at radius 3 is 2.63 bits per heavy atom. The summed E-state index contributed by atoms with van der Waals surface area (Å²) in [5, 5.41) is 3.50. The number of hydrogen-bond acceptors (Lipinski definition) is 4. The molecule has 19 heavy (non-hydrogen) atoms. The molecule has 0 aliphatic rings. The summed E-state index contributed by atoms with van der Waals surface area (Å²) in [6.45, 7) is 4.86. The van der Waals surface area contributed by atoms with Crippen LogP contribution in [-0.2, 0) is 10.0 Å². The van der Waals surface area contributed by atoms with Crippen molar-refractivity contribution in [1.82, 2.24) is 5.32 Å². The number of anilines is 1.